The summed E-state index contributed by atoms with van der Waals surface area (Å²) in [5.41, 5.74) is 0.798. The Morgan fingerprint density at radius 1 is 1.41 bits per heavy atom. The summed E-state index contributed by atoms with van der Waals surface area (Å²) < 4.78 is 10.0. The first-order chi connectivity index (χ1) is 7.99. The smallest absolute Gasteiger partial charge is 0.331 e. The van der Waals surface area contributed by atoms with Crippen LogP contribution in [0, 0.1) is 5.92 Å². The van der Waals surface area contributed by atoms with Crippen molar-refractivity contribution < 1.29 is 23.9 Å². The van der Waals surface area contributed by atoms with E-state index >= 15 is 0 Å². The molecule has 17 heavy (non-hydrogen) atoms. The van der Waals surface area contributed by atoms with Crippen molar-refractivity contribution in [2.45, 2.75) is 26.1 Å². The number of rotatable bonds is 1. The summed E-state index contributed by atoms with van der Waals surface area (Å²) in [6.07, 6.45) is 2.65. The van der Waals surface area contributed by atoms with Crippen LogP contribution >= 0.6 is 0 Å². The van der Waals surface area contributed by atoms with E-state index in [0.29, 0.717) is 0 Å². The molecule has 1 aliphatic heterocycles. The number of ketones is 1. The van der Waals surface area contributed by atoms with E-state index in [9.17, 15) is 14.4 Å². The lowest BCUT2D eigenvalue weighted by molar-refractivity contribution is -0.171. The highest BCUT2D eigenvalue weighted by Gasteiger charge is 2.43. The molecule has 0 N–H and O–H groups in total. The van der Waals surface area contributed by atoms with Gasteiger partial charge in [-0.25, -0.2) is 4.79 Å². The highest BCUT2D eigenvalue weighted by atomic mass is 16.6. The first-order valence-electron chi connectivity index (χ1n) is 5.27. The Morgan fingerprint density at radius 3 is 2.76 bits per heavy atom. The van der Waals surface area contributed by atoms with Crippen LogP contribution in [0.15, 0.2) is 23.8 Å². The molecule has 0 aromatic rings. The molecule has 0 aromatic carbocycles. The van der Waals surface area contributed by atoms with Gasteiger partial charge in [-0.2, -0.15) is 0 Å². The largest absolute Gasteiger partial charge is 0.454 e. The molecule has 90 valence electrons. The van der Waals surface area contributed by atoms with Gasteiger partial charge in [-0.1, -0.05) is 11.6 Å². The molecule has 5 heteroatoms. The molecule has 0 fully saturated rings. The monoisotopic (exact) mass is 236 g/mol. The molecule has 0 saturated carbocycles. The maximum atomic E-state index is 11.6. The fourth-order valence-electron chi connectivity index (χ4n) is 2.05. The van der Waals surface area contributed by atoms with Crippen LogP contribution in [0.1, 0.15) is 13.8 Å². The van der Waals surface area contributed by atoms with Gasteiger partial charge in [-0.3, -0.25) is 9.59 Å². The summed E-state index contributed by atoms with van der Waals surface area (Å²) in [6, 6.07) is 0. The lowest BCUT2D eigenvalue weighted by Crippen LogP contribution is -2.48. The van der Waals surface area contributed by atoms with Gasteiger partial charge in [0.15, 0.2) is 11.9 Å². The fraction of sp³-hybridized carbons (Fsp3) is 0.417. The Bertz CT molecular complexity index is 446. The Morgan fingerprint density at radius 2 is 2.12 bits per heavy atom. The van der Waals surface area contributed by atoms with Gasteiger partial charge in [0.2, 0.25) is 6.10 Å². The Labute approximate surface area is 98.1 Å². The molecular weight excluding hydrogens is 224 g/mol. The predicted molar refractivity (Wildman–Crippen MR) is 56.8 cm³/mol. The maximum absolute atomic E-state index is 11.6. The normalized spacial score (nSPS) is 31.4. The summed E-state index contributed by atoms with van der Waals surface area (Å²) in [4.78, 5) is 33.9. The van der Waals surface area contributed by atoms with Gasteiger partial charge in [0.25, 0.3) is 0 Å². The zero-order chi connectivity index (χ0) is 12.6. The van der Waals surface area contributed by atoms with E-state index in [1.807, 2.05) is 0 Å². The van der Waals surface area contributed by atoms with E-state index in [1.54, 1.807) is 13.0 Å². The molecular formula is C12H12O5. The molecule has 0 spiro atoms. The summed E-state index contributed by atoms with van der Waals surface area (Å²) in [5.74, 6) is -1.64. The summed E-state index contributed by atoms with van der Waals surface area (Å²) >= 11 is 0. The Balaban J connectivity index is 2.33. The SMILES string of the molecule is CC(=O)OC1C(=O)C=C[C@H]2C(C)=CC(=O)O[C@H]12. The van der Waals surface area contributed by atoms with Gasteiger partial charge in [0.05, 0.1) is 0 Å². The summed E-state index contributed by atoms with van der Waals surface area (Å²) in [7, 11) is 0. The molecule has 5 nitrogen and oxygen atoms in total. The van der Waals surface area contributed by atoms with E-state index in [0.717, 1.165) is 5.57 Å². The third-order valence-corrected chi connectivity index (χ3v) is 2.82. The maximum Gasteiger partial charge on any atom is 0.331 e. The number of carbonyl (C=O) groups excluding carboxylic acids is 3. The predicted octanol–water partition coefficient (Wildman–Crippen LogP) is 0.545. The average Bonchev–Trinajstić information content (AvgIpc) is 2.21. The van der Waals surface area contributed by atoms with Crippen molar-refractivity contribution in [3.63, 3.8) is 0 Å². The van der Waals surface area contributed by atoms with Crippen LogP contribution in [0.4, 0.5) is 0 Å². The van der Waals surface area contributed by atoms with Crippen LogP contribution < -0.4 is 0 Å². The molecule has 3 atom stereocenters. The van der Waals surface area contributed by atoms with E-state index in [1.165, 1.54) is 19.1 Å². The fourth-order valence-corrected chi connectivity index (χ4v) is 2.05. The van der Waals surface area contributed by atoms with Crippen LogP contribution in [0.25, 0.3) is 0 Å². The highest BCUT2D eigenvalue weighted by molar-refractivity contribution is 5.97. The van der Waals surface area contributed by atoms with Gasteiger partial charge >= 0.3 is 11.9 Å². The number of fused-ring (bicyclic) bond motifs is 1. The van der Waals surface area contributed by atoms with Crippen molar-refractivity contribution in [3.8, 4) is 0 Å². The second kappa shape index (κ2) is 4.16. The van der Waals surface area contributed by atoms with Crippen LogP contribution in [-0.2, 0) is 23.9 Å². The molecule has 0 saturated heterocycles. The molecule has 0 aromatic heterocycles. The van der Waals surface area contributed by atoms with E-state index < -0.39 is 24.1 Å². The Kier molecular flexibility index (Phi) is 2.83. The number of ether oxygens (including phenoxy) is 2. The average molecular weight is 236 g/mol. The first kappa shape index (κ1) is 11.6. The Hall–Kier alpha value is -1.91. The number of esters is 2. The van der Waals surface area contributed by atoms with Crippen LogP contribution in [0.5, 0.6) is 0 Å². The van der Waals surface area contributed by atoms with Crippen molar-refractivity contribution in [1.29, 1.82) is 0 Å². The summed E-state index contributed by atoms with van der Waals surface area (Å²) in [6.45, 7) is 3.00. The zero-order valence-corrected chi connectivity index (χ0v) is 9.51. The van der Waals surface area contributed by atoms with Crippen molar-refractivity contribution >= 4 is 17.7 Å². The van der Waals surface area contributed by atoms with Gasteiger partial charge in [0.1, 0.15) is 0 Å². The molecule has 1 heterocycles. The molecule has 2 aliphatic rings. The van der Waals surface area contributed by atoms with Gasteiger partial charge in [-0.15, -0.1) is 0 Å². The van der Waals surface area contributed by atoms with Crippen LogP contribution in [0.3, 0.4) is 0 Å². The van der Waals surface area contributed by atoms with Crippen LogP contribution in [0.2, 0.25) is 0 Å². The van der Waals surface area contributed by atoms with Gasteiger partial charge in [0, 0.05) is 18.9 Å². The van der Waals surface area contributed by atoms with E-state index in [4.69, 9.17) is 9.47 Å². The first-order valence-corrected chi connectivity index (χ1v) is 5.27. The number of hydrogen-bond donors (Lipinski definition) is 0. The lowest BCUT2D eigenvalue weighted by Gasteiger charge is -2.35. The molecule has 0 bridgehead atoms. The second-order valence-electron chi connectivity index (χ2n) is 4.11. The minimum Gasteiger partial charge on any atom is -0.454 e. The molecule has 1 aliphatic carbocycles. The zero-order valence-electron chi connectivity index (χ0n) is 9.51. The van der Waals surface area contributed by atoms with Gasteiger partial charge in [-0.05, 0) is 13.0 Å². The highest BCUT2D eigenvalue weighted by Crippen LogP contribution is 2.31. The van der Waals surface area contributed by atoms with Crippen LogP contribution in [-0.4, -0.2) is 29.9 Å². The molecule has 2 rings (SSSR count). The topological polar surface area (TPSA) is 69.7 Å². The van der Waals surface area contributed by atoms with E-state index in [-0.39, 0.29) is 11.7 Å². The standard InChI is InChI=1S/C12H12O5/c1-6-5-10(15)17-11-8(6)3-4-9(14)12(11)16-7(2)13/h3-5,8,11-12H,1-2H3/t8-,11-,12?/m0/s1. The van der Waals surface area contributed by atoms with Gasteiger partial charge < -0.3 is 9.47 Å². The molecule has 0 radical (unpaired) electrons. The van der Waals surface area contributed by atoms with Crippen molar-refractivity contribution in [2.24, 2.45) is 5.92 Å². The van der Waals surface area contributed by atoms with Crippen molar-refractivity contribution in [1.82, 2.24) is 0 Å². The molecule has 0 amide bonds. The van der Waals surface area contributed by atoms with Crippen molar-refractivity contribution in [2.75, 3.05) is 0 Å². The minimum atomic E-state index is -1.03. The van der Waals surface area contributed by atoms with Crippen molar-refractivity contribution in [3.05, 3.63) is 23.8 Å². The minimum absolute atomic E-state index is 0.199. The third-order valence-electron chi connectivity index (χ3n) is 2.82. The summed E-state index contributed by atoms with van der Waals surface area (Å²) in [5, 5.41) is 0. The number of carbonyl (C=O) groups is 3. The second-order valence-corrected chi connectivity index (χ2v) is 4.11. The lowest BCUT2D eigenvalue weighted by atomic mass is 9.83. The third kappa shape index (κ3) is 2.13. The van der Waals surface area contributed by atoms with E-state index in [2.05, 4.69) is 0 Å². The quantitative estimate of drug-likeness (QED) is 0.622. The molecule has 1 unspecified atom stereocenters. The number of hydrogen-bond acceptors (Lipinski definition) is 5.